The van der Waals surface area contributed by atoms with Crippen LogP contribution >= 0.6 is 27.5 Å². The first-order valence-electron chi connectivity index (χ1n) is 6.06. The highest BCUT2D eigenvalue weighted by Crippen LogP contribution is 2.19. The summed E-state index contributed by atoms with van der Waals surface area (Å²) < 4.78 is 27.7. The summed E-state index contributed by atoms with van der Waals surface area (Å²) in [4.78, 5) is -0.377. The van der Waals surface area contributed by atoms with Crippen molar-refractivity contribution >= 4 is 49.3 Å². The Morgan fingerprint density at radius 2 is 1.73 bits per heavy atom. The molecule has 0 unspecified atom stereocenters. The van der Waals surface area contributed by atoms with Gasteiger partial charge in [-0.25, -0.2) is 8.42 Å². The number of anilines is 1. The summed E-state index contributed by atoms with van der Waals surface area (Å²) in [6.07, 6.45) is 1.29. The molecule has 2 aromatic carbocycles. The first-order valence-corrected chi connectivity index (χ1v) is 8.72. The monoisotopic (exact) mass is 396 g/mol. The summed E-state index contributed by atoms with van der Waals surface area (Å²) in [6.45, 7) is 0. The van der Waals surface area contributed by atoms with Crippen LogP contribution in [0.4, 0.5) is 5.69 Å². The molecule has 112 valence electrons. The predicted octanol–water partition coefficient (Wildman–Crippen LogP) is 4.41. The third-order valence-corrected chi connectivity index (χ3v) is 4.74. The molecule has 1 N–H and O–H groups in total. The fourth-order valence-electron chi connectivity index (χ4n) is 1.61. The van der Waals surface area contributed by atoms with Crippen molar-refractivity contribution < 1.29 is 8.42 Å². The first-order chi connectivity index (χ1) is 10.4. The van der Waals surface area contributed by atoms with Gasteiger partial charge in [0.05, 0.1) is 0 Å². The Morgan fingerprint density at radius 3 is 2.27 bits per heavy atom. The number of rotatable bonds is 4. The van der Waals surface area contributed by atoms with Gasteiger partial charge in [0.25, 0.3) is 10.0 Å². The number of hydrogen-bond acceptors (Lipinski definition) is 3. The van der Waals surface area contributed by atoms with E-state index in [9.17, 15) is 8.42 Å². The topological polar surface area (TPSA) is 70.0 Å². The standard InChI is InChI=1S/C15H10BrClN2O2S/c16-12-3-7-14(8-4-12)19-22(20,21)15(10-18)9-11-1-5-13(17)6-2-11/h1-9,19H/b15-9-. The van der Waals surface area contributed by atoms with Crippen LogP contribution in [0.2, 0.25) is 5.02 Å². The van der Waals surface area contributed by atoms with Crippen molar-refractivity contribution in [2.75, 3.05) is 4.72 Å². The minimum absolute atomic E-state index is 0.375. The third kappa shape index (κ3) is 4.34. The minimum Gasteiger partial charge on any atom is -0.279 e. The lowest BCUT2D eigenvalue weighted by molar-refractivity contribution is 0.608. The van der Waals surface area contributed by atoms with E-state index in [1.807, 2.05) is 0 Å². The summed E-state index contributed by atoms with van der Waals surface area (Å²) in [6, 6.07) is 14.8. The van der Waals surface area contributed by atoms with Crippen LogP contribution in [0.25, 0.3) is 6.08 Å². The number of allylic oxidation sites excluding steroid dienone is 1. The lowest BCUT2D eigenvalue weighted by atomic mass is 10.2. The van der Waals surface area contributed by atoms with Crippen LogP contribution in [0.1, 0.15) is 5.56 Å². The van der Waals surface area contributed by atoms with Crippen molar-refractivity contribution in [3.05, 3.63) is 68.5 Å². The minimum atomic E-state index is -3.94. The molecule has 0 fully saturated rings. The molecule has 0 saturated heterocycles. The molecular weight excluding hydrogens is 388 g/mol. The molecule has 0 aliphatic carbocycles. The van der Waals surface area contributed by atoms with Crippen LogP contribution in [-0.4, -0.2) is 8.42 Å². The van der Waals surface area contributed by atoms with E-state index in [0.29, 0.717) is 16.3 Å². The average Bonchev–Trinajstić information content (AvgIpc) is 2.48. The Kier molecular flexibility index (Phi) is 5.24. The van der Waals surface area contributed by atoms with Crippen LogP contribution in [0.15, 0.2) is 57.9 Å². The number of hydrogen-bond donors (Lipinski definition) is 1. The number of benzene rings is 2. The summed E-state index contributed by atoms with van der Waals surface area (Å²) >= 11 is 9.04. The molecule has 0 spiro atoms. The number of nitriles is 1. The van der Waals surface area contributed by atoms with E-state index in [1.165, 1.54) is 6.08 Å². The Morgan fingerprint density at radius 1 is 1.14 bits per heavy atom. The molecule has 0 aliphatic heterocycles. The maximum absolute atomic E-state index is 12.2. The molecule has 0 heterocycles. The van der Waals surface area contributed by atoms with Gasteiger partial charge in [-0.15, -0.1) is 0 Å². The molecule has 0 radical (unpaired) electrons. The first kappa shape index (κ1) is 16.6. The van der Waals surface area contributed by atoms with E-state index in [-0.39, 0.29) is 4.91 Å². The van der Waals surface area contributed by atoms with Crippen LogP contribution in [-0.2, 0) is 10.0 Å². The van der Waals surface area contributed by atoms with Gasteiger partial charge < -0.3 is 0 Å². The highest BCUT2D eigenvalue weighted by atomic mass is 79.9. The van der Waals surface area contributed by atoms with Crippen molar-refractivity contribution in [2.24, 2.45) is 0 Å². The quantitative estimate of drug-likeness (QED) is 0.777. The highest BCUT2D eigenvalue weighted by molar-refractivity contribution is 9.10. The lowest BCUT2D eigenvalue weighted by Crippen LogP contribution is -2.14. The number of halogens is 2. The van der Waals surface area contributed by atoms with Crippen molar-refractivity contribution in [1.82, 2.24) is 0 Å². The van der Waals surface area contributed by atoms with Crippen molar-refractivity contribution in [3.63, 3.8) is 0 Å². The van der Waals surface area contributed by atoms with Crippen LogP contribution in [0.5, 0.6) is 0 Å². The van der Waals surface area contributed by atoms with E-state index < -0.39 is 10.0 Å². The van der Waals surface area contributed by atoms with Gasteiger partial charge in [0.1, 0.15) is 6.07 Å². The Bertz CT molecular complexity index is 839. The normalized spacial score (nSPS) is 11.8. The number of nitrogens with zero attached hydrogens (tertiary/aromatic N) is 1. The van der Waals surface area contributed by atoms with Gasteiger partial charge in [0, 0.05) is 15.2 Å². The van der Waals surface area contributed by atoms with Gasteiger partial charge in [-0.05, 0) is 48.0 Å². The van der Waals surface area contributed by atoms with Gasteiger partial charge in [0.2, 0.25) is 0 Å². The molecule has 0 aromatic heterocycles. The van der Waals surface area contributed by atoms with Gasteiger partial charge in [-0.2, -0.15) is 5.26 Å². The number of sulfonamides is 1. The second-order valence-electron chi connectivity index (χ2n) is 4.28. The fraction of sp³-hybridized carbons (Fsp3) is 0. The predicted molar refractivity (Wildman–Crippen MR) is 91.7 cm³/mol. The zero-order valence-corrected chi connectivity index (χ0v) is 14.3. The van der Waals surface area contributed by atoms with E-state index in [0.717, 1.165) is 4.47 Å². The molecule has 0 amide bonds. The van der Waals surface area contributed by atoms with Crippen LogP contribution in [0, 0.1) is 11.3 Å². The van der Waals surface area contributed by atoms with Gasteiger partial charge in [0.15, 0.2) is 4.91 Å². The van der Waals surface area contributed by atoms with Crippen LogP contribution in [0.3, 0.4) is 0 Å². The Labute approximate surface area is 142 Å². The lowest BCUT2D eigenvalue weighted by Gasteiger charge is -2.07. The maximum atomic E-state index is 12.2. The Hall–Kier alpha value is -1.81. The molecule has 2 rings (SSSR count). The molecule has 0 aliphatic rings. The van der Waals surface area contributed by atoms with Gasteiger partial charge in [-0.1, -0.05) is 39.7 Å². The maximum Gasteiger partial charge on any atom is 0.272 e. The van der Waals surface area contributed by atoms with E-state index in [2.05, 4.69) is 20.7 Å². The molecule has 2 aromatic rings. The summed E-state index contributed by atoms with van der Waals surface area (Å²) in [5.41, 5.74) is 0.947. The molecule has 7 heteroatoms. The summed E-state index contributed by atoms with van der Waals surface area (Å²) in [5.74, 6) is 0. The van der Waals surface area contributed by atoms with Gasteiger partial charge >= 0.3 is 0 Å². The summed E-state index contributed by atoms with van der Waals surface area (Å²) in [7, 11) is -3.94. The third-order valence-electron chi connectivity index (χ3n) is 2.66. The van der Waals surface area contributed by atoms with Crippen molar-refractivity contribution in [2.45, 2.75) is 0 Å². The second kappa shape index (κ2) is 6.97. The zero-order chi connectivity index (χ0) is 16.2. The SMILES string of the molecule is N#C/C(=C/c1ccc(Cl)cc1)S(=O)(=O)Nc1ccc(Br)cc1. The average molecular weight is 398 g/mol. The smallest absolute Gasteiger partial charge is 0.272 e. The second-order valence-corrected chi connectivity index (χ2v) is 7.29. The zero-order valence-electron chi connectivity index (χ0n) is 11.1. The van der Waals surface area contributed by atoms with E-state index in [4.69, 9.17) is 16.9 Å². The Balaban J connectivity index is 2.31. The highest BCUT2D eigenvalue weighted by Gasteiger charge is 2.17. The largest absolute Gasteiger partial charge is 0.279 e. The molecule has 0 atom stereocenters. The molecule has 0 saturated carbocycles. The van der Waals surface area contributed by atoms with Crippen molar-refractivity contribution in [3.8, 4) is 6.07 Å². The molecule has 22 heavy (non-hydrogen) atoms. The van der Waals surface area contributed by atoms with E-state index in [1.54, 1.807) is 54.6 Å². The number of nitrogens with one attached hydrogen (secondary N) is 1. The van der Waals surface area contributed by atoms with Gasteiger partial charge in [-0.3, -0.25) is 4.72 Å². The fourth-order valence-corrected chi connectivity index (χ4v) is 2.97. The van der Waals surface area contributed by atoms with Crippen LogP contribution < -0.4 is 4.72 Å². The van der Waals surface area contributed by atoms with Crippen molar-refractivity contribution in [1.29, 1.82) is 5.26 Å². The molecule has 4 nitrogen and oxygen atoms in total. The molecular formula is C15H10BrClN2O2S. The van der Waals surface area contributed by atoms with E-state index >= 15 is 0 Å². The molecule has 0 bridgehead atoms. The summed E-state index contributed by atoms with van der Waals surface area (Å²) in [5, 5.41) is 9.66.